The van der Waals surface area contributed by atoms with Crippen LogP contribution in [-0.2, 0) is 4.79 Å². The Balaban J connectivity index is 2.67. The van der Waals surface area contributed by atoms with Gasteiger partial charge in [0.2, 0.25) is 5.91 Å². The van der Waals surface area contributed by atoms with Gasteiger partial charge in [-0.15, -0.1) is 0 Å². The fraction of sp³-hybridized carbons (Fsp3) is 0.429. The lowest BCUT2D eigenvalue weighted by Crippen LogP contribution is -2.50. The average Bonchev–Trinajstić information content (AvgIpc) is 2.48. The number of halogens is 3. The number of hydrogen-bond acceptors (Lipinski definition) is 4. The van der Waals surface area contributed by atoms with Crippen LogP contribution in [0.25, 0.3) is 0 Å². The van der Waals surface area contributed by atoms with Gasteiger partial charge in [0.1, 0.15) is 0 Å². The lowest BCUT2D eigenvalue weighted by atomic mass is 9.75. The maximum absolute atomic E-state index is 12.3. The minimum absolute atomic E-state index is 0.181. The molecule has 0 heterocycles. The molecule has 1 aromatic rings. The van der Waals surface area contributed by atoms with Gasteiger partial charge in [0, 0.05) is 13.4 Å². The summed E-state index contributed by atoms with van der Waals surface area (Å²) in [5.74, 6) is -1.53. The SMILES string of the molecule is CC(C)C[C@H](NC(=O)CNC(=O)c1c(Br)ccc(Br)c1Br)B(O)O. The Hall–Kier alpha value is -0.415. The first-order valence-corrected chi connectivity index (χ1v) is 9.58. The Labute approximate surface area is 166 Å². The highest BCUT2D eigenvalue weighted by atomic mass is 79.9. The van der Waals surface area contributed by atoms with Gasteiger partial charge in [-0.1, -0.05) is 13.8 Å². The van der Waals surface area contributed by atoms with Crippen LogP contribution in [0.15, 0.2) is 25.6 Å². The van der Waals surface area contributed by atoms with E-state index >= 15 is 0 Å². The molecule has 0 aliphatic rings. The molecule has 0 unspecified atom stereocenters. The van der Waals surface area contributed by atoms with Gasteiger partial charge in [0.05, 0.1) is 18.0 Å². The lowest BCUT2D eigenvalue weighted by molar-refractivity contribution is -0.120. The Morgan fingerprint density at radius 1 is 1.17 bits per heavy atom. The molecule has 1 aromatic carbocycles. The van der Waals surface area contributed by atoms with Gasteiger partial charge in [0.15, 0.2) is 0 Å². The van der Waals surface area contributed by atoms with Crippen molar-refractivity contribution in [2.75, 3.05) is 6.54 Å². The molecule has 132 valence electrons. The van der Waals surface area contributed by atoms with Crippen LogP contribution in [0.3, 0.4) is 0 Å². The smallest absolute Gasteiger partial charge is 0.426 e. The molecule has 2 amide bonds. The van der Waals surface area contributed by atoms with Crippen LogP contribution in [0, 0.1) is 5.92 Å². The molecular weight excluding hydrogens is 511 g/mol. The van der Waals surface area contributed by atoms with E-state index in [1.165, 1.54) is 0 Å². The first kappa shape index (κ1) is 21.6. The molecule has 0 spiro atoms. The average molecular weight is 529 g/mol. The number of nitrogens with one attached hydrogen (secondary N) is 2. The summed E-state index contributed by atoms with van der Waals surface area (Å²) in [6.07, 6.45) is 0.417. The van der Waals surface area contributed by atoms with E-state index in [0.717, 1.165) is 0 Å². The largest absolute Gasteiger partial charge is 0.475 e. The third-order valence-electron chi connectivity index (χ3n) is 3.11. The highest BCUT2D eigenvalue weighted by molar-refractivity contribution is 9.13. The molecule has 0 aliphatic carbocycles. The summed E-state index contributed by atoms with van der Waals surface area (Å²) in [7, 11) is -1.65. The molecule has 0 radical (unpaired) electrons. The summed E-state index contributed by atoms with van der Waals surface area (Å²) in [6, 6.07) is 3.49. The van der Waals surface area contributed by atoms with Crippen LogP contribution in [0.2, 0.25) is 0 Å². The predicted molar refractivity (Wildman–Crippen MR) is 103 cm³/mol. The van der Waals surface area contributed by atoms with Crippen molar-refractivity contribution in [2.24, 2.45) is 5.92 Å². The van der Waals surface area contributed by atoms with Crippen LogP contribution >= 0.6 is 47.8 Å². The van der Waals surface area contributed by atoms with Crippen molar-refractivity contribution in [1.82, 2.24) is 10.6 Å². The van der Waals surface area contributed by atoms with Crippen molar-refractivity contribution in [2.45, 2.75) is 26.2 Å². The zero-order valence-electron chi connectivity index (χ0n) is 13.1. The molecule has 0 aliphatic heterocycles. The van der Waals surface area contributed by atoms with Crippen molar-refractivity contribution in [3.05, 3.63) is 31.1 Å². The van der Waals surface area contributed by atoms with Gasteiger partial charge >= 0.3 is 7.12 Å². The lowest BCUT2D eigenvalue weighted by Gasteiger charge is -2.19. The van der Waals surface area contributed by atoms with Crippen molar-refractivity contribution < 1.29 is 19.6 Å². The Morgan fingerprint density at radius 2 is 1.75 bits per heavy atom. The molecule has 6 nitrogen and oxygen atoms in total. The molecule has 0 bridgehead atoms. The summed E-state index contributed by atoms with van der Waals surface area (Å²) in [5.41, 5.74) is 0.359. The Bertz CT molecular complexity index is 614. The van der Waals surface area contributed by atoms with Gasteiger partial charge in [-0.05, 0) is 72.3 Å². The molecule has 0 saturated heterocycles. The van der Waals surface area contributed by atoms with E-state index in [-0.39, 0.29) is 12.5 Å². The highest BCUT2D eigenvalue weighted by Crippen LogP contribution is 2.32. The number of carbonyl (C=O) groups is 2. The molecule has 1 rings (SSSR count). The molecule has 0 aromatic heterocycles. The first-order chi connectivity index (χ1) is 11.1. The second kappa shape index (κ2) is 9.91. The van der Waals surface area contributed by atoms with Gasteiger partial charge in [-0.25, -0.2) is 0 Å². The van der Waals surface area contributed by atoms with Crippen molar-refractivity contribution in [3.8, 4) is 0 Å². The number of hydrogen-bond donors (Lipinski definition) is 4. The van der Waals surface area contributed by atoms with E-state index in [0.29, 0.717) is 25.4 Å². The summed E-state index contributed by atoms with van der Waals surface area (Å²) in [5, 5.41) is 23.6. The van der Waals surface area contributed by atoms with Crippen LogP contribution in [-0.4, -0.2) is 41.5 Å². The van der Waals surface area contributed by atoms with Gasteiger partial charge in [-0.2, -0.15) is 0 Å². The quantitative estimate of drug-likeness (QED) is 0.322. The van der Waals surface area contributed by atoms with Gasteiger partial charge in [0.25, 0.3) is 5.91 Å². The normalized spacial score (nSPS) is 12.0. The van der Waals surface area contributed by atoms with Crippen LogP contribution < -0.4 is 10.6 Å². The number of benzene rings is 1. The van der Waals surface area contributed by atoms with E-state index in [2.05, 4.69) is 58.4 Å². The zero-order valence-corrected chi connectivity index (χ0v) is 17.9. The third-order valence-corrected chi connectivity index (χ3v) is 5.79. The van der Waals surface area contributed by atoms with Gasteiger partial charge in [-0.3, -0.25) is 9.59 Å². The first-order valence-electron chi connectivity index (χ1n) is 7.20. The van der Waals surface area contributed by atoms with E-state index in [1.807, 2.05) is 13.8 Å². The van der Waals surface area contributed by atoms with Gasteiger partial charge < -0.3 is 20.7 Å². The number of amides is 2. The molecular formula is C14H18BBr3N2O4. The topological polar surface area (TPSA) is 98.7 Å². The van der Waals surface area contributed by atoms with E-state index < -0.39 is 24.9 Å². The molecule has 24 heavy (non-hydrogen) atoms. The maximum Gasteiger partial charge on any atom is 0.475 e. The standard InChI is InChI=1S/C14H18BBr3N2O4/c1-7(2)5-10(15(23)24)20-11(21)6-19-14(22)12-8(16)3-4-9(17)13(12)18/h3-4,7,10,23-24H,5-6H2,1-2H3,(H,19,22)(H,20,21)/t10-/m0/s1. The summed E-state index contributed by atoms with van der Waals surface area (Å²) < 4.78 is 1.86. The minimum atomic E-state index is -1.65. The second-order valence-corrected chi connectivity index (χ2v) is 8.12. The fourth-order valence-electron chi connectivity index (χ4n) is 2.01. The maximum atomic E-state index is 12.3. The predicted octanol–water partition coefficient (Wildman–Crippen LogP) is 2.25. The Morgan fingerprint density at radius 3 is 2.29 bits per heavy atom. The summed E-state index contributed by atoms with van der Waals surface area (Å²) in [6.45, 7) is 3.54. The molecule has 0 saturated carbocycles. The minimum Gasteiger partial charge on any atom is -0.426 e. The molecule has 4 N–H and O–H groups in total. The van der Waals surface area contributed by atoms with E-state index in [9.17, 15) is 19.6 Å². The number of rotatable bonds is 7. The molecule has 0 fully saturated rings. The van der Waals surface area contributed by atoms with Crippen molar-refractivity contribution in [3.63, 3.8) is 0 Å². The monoisotopic (exact) mass is 526 g/mol. The van der Waals surface area contributed by atoms with Crippen LogP contribution in [0.5, 0.6) is 0 Å². The van der Waals surface area contributed by atoms with Crippen LogP contribution in [0.1, 0.15) is 30.6 Å². The molecule has 1 atom stereocenters. The summed E-state index contributed by atoms with van der Waals surface area (Å²) in [4.78, 5) is 24.2. The van der Waals surface area contributed by atoms with E-state index in [4.69, 9.17) is 0 Å². The number of carbonyl (C=O) groups excluding carboxylic acids is 2. The Kier molecular flexibility index (Phi) is 8.93. The molecule has 10 heteroatoms. The van der Waals surface area contributed by atoms with Crippen molar-refractivity contribution in [1.29, 1.82) is 0 Å². The second-order valence-electron chi connectivity index (χ2n) is 5.62. The van der Waals surface area contributed by atoms with Crippen LogP contribution in [0.4, 0.5) is 0 Å². The third kappa shape index (κ3) is 6.47. The zero-order chi connectivity index (χ0) is 18.4. The van der Waals surface area contributed by atoms with E-state index in [1.54, 1.807) is 12.1 Å². The fourth-order valence-corrected chi connectivity index (χ4v) is 3.64. The highest BCUT2D eigenvalue weighted by Gasteiger charge is 2.26. The summed E-state index contributed by atoms with van der Waals surface area (Å²) >= 11 is 9.94. The van der Waals surface area contributed by atoms with Crippen molar-refractivity contribution >= 4 is 66.7 Å².